The van der Waals surface area contributed by atoms with Crippen LogP contribution in [0.2, 0.25) is 0 Å². The minimum Gasteiger partial charge on any atom is -0.497 e. The molecule has 6 heteroatoms. The molecule has 0 bridgehead atoms. The summed E-state index contributed by atoms with van der Waals surface area (Å²) in [4.78, 5) is 4.55. The molecule has 2 unspecified atom stereocenters. The Kier molecular flexibility index (Phi) is 3.55. The van der Waals surface area contributed by atoms with Gasteiger partial charge >= 0.3 is 0 Å². The lowest BCUT2D eigenvalue weighted by Gasteiger charge is -2.22. The Balaban J connectivity index is 2.04. The Morgan fingerprint density at radius 2 is 2.14 bits per heavy atom. The molecule has 0 amide bonds. The highest BCUT2D eigenvalue weighted by Gasteiger charge is 2.27. The van der Waals surface area contributed by atoms with Crippen LogP contribution in [0.3, 0.4) is 0 Å². The van der Waals surface area contributed by atoms with Crippen molar-refractivity contribution in [2.75, 3.05) is 14.2 Å². The highest BCUT2D eigenvalue weighted by Crippen LogP contribution is 2.35. The summed E-state index contributed by atoms with van der Waals surface area (Å²) in [5, 5.41) is 0. The molecule has 2 atom stereocenters. The minimum atomic E-state index is -0.924. The Bertz CT molecular complexity index is 656. The molecule has 3 rings (SSSR count). The smallest absolute Gasteiger partial charge is 0.132 e. The van der Waals surface area contributed by atoms with Gasteiger partial charge in [0.1, 0.15) is 23.5 Å². The van der Waals surface area contributed by atoms with Crippen LogP contribution in [0.1, 0.15) is 18.3 Å². The van der Waals surface area contributed by atoms with Gasteiger partial charge in [-0.25, -0.2) is 9.37 Å². The number of hydrogen-bond donors (Lipinski definition) is 1. The van der Waals surface area contributed by atoms with E-state index in [4.69, 9.17) is 15.2 Å². The number of methoxy groups -OCH3 is 2. The van der Waals surface area contributed by atoms with Crippen molar-refractivity contribution >= 4 is 0 Å². The highest BCUT2D eigenvalue weighted by molar-refractivity contribution is 5.68. The molecule has 5 nitrogen and oxygen atoms in total. The molecular formula is C15H18FN3O2. The number of halogens is 1. The van der Waals surface area contributed by atoms with Crippen LogP contribution >= 0.6 is 0 Å². The van der Waals surface area contributed by atoms with Crippen LogP contribution in [0.15, 0.2) is 24.4 Å². The van der Waals surface area contributed by atoms with Crippen LogP contribution in [-0.4, -0.2) is 29.9 Å². The van der Waals surface area contributed by atoms with Gasteiger partial charge in [0.25, 0.3) is 0 Å². The number of imidazole rings is 1. The summed E-state index contributed by atoms with van der Waals surface area (Å²) in [5.74, 6) is 2.09. The Morgan fingerprint density at radius 3 is 2.86 bits per heavy atom. The zero-order valence-electron chi connectivity index (χ0n) is 12.0. The van der Waals surface area contributed by atoms with Crippen LogP contribution in [0, 0.1) is 0 Å². The molecule has 0 aliphatic carbocycles. The van der Waals surface area contributed by atoms with E-state index in [1.807, 2.05) is 18.3 Å². The van der Waals surface area contributed by atoms with Gasteiger partial charge in [-0.3, -0.25) is 0 Å². The van der Waals surface area contributed by atoms with Gasteiger partial charge in [-0.15, -0.1) is 0 Å². The topological polar surface area (TPSA) is 62.3 Å². The Labute approximate surface area is 122 Å². The number of aromatic nitrogens is 2. The highest BCUT2D eigenvalue weighted by atomic mass is 19.1. The third-order valence-corrected chi connectivity index (χ3v) is 3.73. The van der Waals surface area contributed by atoms with Crippen molar-refractivity contribution in [2.24, 2.45) is 5.73 Å². The van der Waals surface area contributed by atoms with Crippen LogP contribution < -0.4 is 15.2 Å². The third-order valence-electron chi connectivity index (χ3n) is 3.73. The number of nitrogens with two attached hydrogens (primary N) is 1. The first-order valence-corrected chi connectivity index (χ1v) is 6.81. The molecule has 112 valence electrons. The second-order valence-electron chi connectivity index (χ2n) is 5.14. The normalized spacial score (nSPS) is 21.0. The summed E-state index contributed by atoms with van der Waals surface area (Å²) in [6.45, 7) is 0.300. The molecule has 2 heterocycles. The average molecular weight is 291 g/mol. The van der Waals surface area contributed by atoms with Crippen molar-refractivity contribution in [3.05, 3.63) is 30.2 Å². The average Bonchev–Trinajstić information content (AvgIpc) is 2.90. The number of fused-ring (bicyclic) bond motifs is 1. The number of hydrogen-bond acceptors (Lipinski definition) is 4. The lowest BCUT2D eigenvalue weighted by Crippen LogP contribution is -2.29. The van der Waals surface area contributed by atoms with Gasteiger partial charge in [0.15, 0.2) is 0 Å². The van der Waals surface area contributed by atoms with Crippen LogP contribution in [-0.2, 0) is 6.54 Å². The van der Waals surface area contributed by atoms with Crippen molar-refractivity contribution in [3.63, 3.8) is 0 Å². The quantitative estimate of drug-likeness (QED) is 0.942. The van der Waals surface area contributed by atoms with Crippen LogP contribution in [0.25, 0.3) is 11.3 Å². The fraction of sp³-hybridized carbons (Fsp3) is 0.400. The molecule has 0 spiro atoms. The largest absolute Gasteiger partial charge is 0.497 e. The summed E-state index contributed by atoms with van der Waals surface area (Å²) in [6, 6.07) is 5.15. The predicted molar refractivity (Wildman–Crippen MR) is 77.2 cm³/mol. The van der Waals surface area contributed by atoms with E-state index in [-0.39, 0.29) is 6.04 Å². The maximum Gasteiger partial charge on any atom is 0.132 e. The monoisotopic (exact) mass is 291 g/mol. The van der Waals surface area contributed by atoms with Crippen LogP contribution in [0.4, 0.5) is 4.39 Å². The number of nitrogens with zero attached hydrogens (tertiary/aromatic N) is 2. The second-order valence-corrected chi connectivity index (χ2v) is 5.14. The van der Waals surface area contributed by atoms with E-state index in [1.54, 1.807) is 24.9 Å². The van der Waals surface area contributed by atoms with Gasteiger partial charge in [-0.05, 0) is 12.1 Å². The van der Waals surface area contributed by atoms with Gasteiger partial charge in [0.05, 0.1) is 32.5 Å². The summed E-state index contributed by atoms with van der Waals surface area (Å²) in [5.41, 5.74) is 7.54. The molecule has 1 aromatic carbocycles. The summed E-state index contributed by atoms with van der Waals surface area (Å²) >= 11 is 0. The fourth-order valence-electron chi connectivity index (χ4n) is 2.68. The molecule has 1 aromatic heterocycles. The van der Waals surface area contributed by atoms with Gasteiger partial charge in [0, 0.05) is 24.2 Å². The number of rotatable bonds is 3. The number of ether oxygens (including phenoxy) is 2. The van der Waals surface area contributed by atoms with Crippen molar-refractivity contribution < 1.29 is 13.9 Å². The van der Waals surface area contributed by atoms with Crippen LogP contribution in [0.5, 0.6) is 11.5 Å². The lowest BCUT2D eigenvalue weighted by molar-refractivity contribution is 0.230. The first-order chi connectivity index (χ1) is 10.1. The molecule has 2 N–H and O–H groups in total. The van der Waals surface area contributed by atoms with Crippen molar-refractivity contribution in [1.82, 2.24) is 9.55 Å². The molecule has 0 saturated carbocycles. The maximum absolute atomic E-state index is 13.6. The van der Waals surface area contributed by atoms with Gasteiger partial charge in [0.2, 0.25) is 0 Å². The standard InChI is InChI=1S/C15H18FN3O2/c1-20-10-3-4-11(14(6-10)21-2)13-8-19-7-9(16)5-12(17)15(19)18-13/h3-4,6,8-9,12H,5,7,17H2,1-2H3. The van der Waals surface area contributed by atoms with Crippen molar-refractivity contribution in [2.45, 2.75) is 25.2 Å². The van der Waals surface area contributed by atoms with E-state index >= 15 is 0 Å². The molecule has 2 aromatic rings. The third kappa shape index (κ3) is 2.47. The van der Waals surface area contributed by atoms with Crippen molar-refractivity contribution in [1.29, 1.82) is 0 Å². The van der Waals surface area contributed by atoms with Gasteiger partial charge in [-0.2, -0.15) is 0 Å². The zero-order chi connectivity index (χ0) is 15.0. The second kappa shape index (κ2) is 5.37. The van der Waals surface area contributed by atoms with Gasteiger partial charge < -0.3 is 19.8 Å². The molecule has 0 fully saturated rings. The van der Waals surface area contributed by atoms with E-state index in [0.717, 1.165) is 17.1 Å². The fourth-order valence-corrected chi connectivity index (χ4v) is 2.68. The predicted octanol–water partition coefficient (Wildman–Crippen LogP) is 2.31. The lowest BCUT2D eigenvalue weighted by atomic mass is 10.1. The SMILES string of the molecule is COc1ccc(-c2cn3c(n2)C(N)CC(F)C3)c(OC)c1. The Hall–Kier alpha value is -2.08. The van der Waals surface area contributed by atoms with Gasteiger partial charge in [-0.1, -0.05) is 0 Å². The number of benzene rings is 1. The molecule has 0 saturated heterocycles. The minimum absolute atomic E-state index is 0.300. The summed E-state index contributed by atoms with van der Waals surface area (Å²) in [6.07, 6.45) is 1.22. The first kappa shape index (κ1) is 13.9. The molecule has 1 aliphatic heterocycles. The van der Waals surface area contributed by atoms with E-state index in [0.29, 0.717) is 24.5 Å². The van der Waals surface area contributed by atoms with E-state index in [2.05, 4.69) is 4.98 Å². The maximum atomic E-state index is 13.6. The van der Waals surface area contributed by atoms with Crippen molar-refractivity contribution in [3.8, 4) is 22.8 Å². The molecule has 21 heavy (non-hydrogen) atoms. The zero-order valence-corrected chi connectivity index (χ0v) is 12.0. The Morgan fingerprint density at radius 1 is 1.33 bits per heavy atom. The summed E-state index contributed by atoms with van der Waals surface area (Å²) < 4.78 is 26.0. The number of alkyl halides is 1. The molecule has 1 aliphatic rings. The summed E-state index contributed by atoms with van der Waals surface area (Å²) in [7, 11) is 3.20. The van der Waals surface area contributed by atoms with E-state index in [1.165, 1.54) is 0 Å². The van der Waals surface area contributed by atoms with E-state index in [9.17, 15) is 4.39 Å². The first-order valence-electron chi connectivity index (χ1n) is 6.81. The van der Waals surface area contributed by atoms with E-state index < -0.39 is 6.17 Å². The molecular weight excluding hydrogens is 273 g/mol. The molecule has 0 radical (unpaired) electrons.